The van der Waals surface area contributed by atoms with Crippen LogP contribution in [0, 0.1) is 13.8 Å². The maximum Gasteiger partial charge on any atom is 0.265 e. The summed E-state index contributed by atoms with van der Waals surface area (Å²) in [4.78, 5) is 12.3. The summed E-state index contributed by atoms with van der Waals surface area (Å²) in [6.45, 7) is 3.70. The first-order valence-electron chi connectivity index (χ1n) is 8.96. The molecule has 30 heavy (non-hydrogen) atoms. The number of carbonyl (C=O) groups is 1. The summed E-state index contributed by atoms with van der Waals surface area (Å²) in [7, 11) is -2.66. The van der Waals surface area contributed by atoms with Gasteiger partial charge in [0.1, 0.15) is 17.2 Å². The molecule has 1 heterocycles. The van der Waals surface area contributed by atoms with Gasteiger partial charge < -0.3 is 10.1 Å². The number of anilines is 2. The zero-order valence-electron chi connectivity index (χ0n) is 16.6. The number of sulfonamides is 1. The number of hydrogen-bond donors (Lipinski definition) is 2. The number of nitrogens with one attached hydrogen (secondary N) is 2. The van der Waals surface area contributed by atoms with Gasteiger partial charge in [-0.15, -0.1) is 0 Å². The Balaban J connectivity index is 1.85. The average molecular weight is 449 g/mol. The summed E-state index contributed by atoms with van der Waals surface area (Å²) in [5, 5.41) is 7.20. The van der Waals surface area contributed by atoms with Gasteiger partial charge in [-0.25, -0.2) is 8.42 Å². The number of carbonyl (C=O) groups excluding carboxylic acids is 1. The van der Waals surface area contributed by atoms with Gasteiger partial charge in [0.15, 0.2) is 0 Å². The summed E-state index contributed by atoms with van der Waals surface area (Å²) in [6, 6.07) is 12.7. The molecular formula is C20H21ClN4O4S. The highest BCUT2D eigenvalue weighted by Gasteiger charge is 2.22. The molecule has 0 saturated heterocycles. The predicted octanol–water partition coefficient (Wildman–Crippen LogP) is 3.60. The monoisotopic (exact) mass is 448 g/mol. The van der Waals surface area contributed by atoms with E-state index in [1.165, 1.54) is 19.2 Å². The second kappa shape index (κ2) is 8.76. The summed E-state index contributed by atoms with van der Waals surface area (Å²) in [5.41, 5.74) is 2.20. The standard InChI is InChI=1S/C20H21ClN4O4S/c1-13-10-14(2)25(23-13)12-20(26)22-15-8-9-18(29-3)19(11-15)30(27,28)24-17-7-5-4-6-16(17)21/h4-11,24H,12H2,1-3H3,(H,22,26). The van der Waals surface area contributed by atoms with E-state index in [1.54, 1.807) is 35.0 Å². The van der Waals surface area contributed by atoms with E-state index in [9.17, 15) is 13.2 Å². The second-order valence-corrected chi connectivity index (χ2v) is 8.64. The van der Waals surface area contributed by atoms with E-state index in [0.717, 1.165) is 11.4 Å². The van der Waals surface area contributed by atoms with E-state index >= 15 is 0 Å². The van der Waals surface area contributed by atoms with Crippen molar-refractivity contribution in [3.05, 3.63) is 64.9 Å². The van der Waals surface area contributed by atoms with Crippen molar-refractivity contribution in [2.45, 2.75) is 25.3 Å². The molecule has 0 bridgehead atoms. The topological polar surface area (TPSA) is 102 Å². The first kappa shape index (κ1) is 21.7. The largest absolute Gasteiger partial charge is 0.495 e. The van der Waals surface area contributed by atoms with Crippen molar-refractivity contribution in [1.82, 2.24) is 9.78 Å². The van der Waals surface area contributed by atoms with Crippen LogP contribution in [0.2, 0.25) is 5.02 Å². The van der Waals surface area contributed by atoms with Gasteiger partial charge in [-0.05, 0) is 50.2 Å². The molecule has 0 fully saturated rings. The molecule has 0 radical (unpaired) electrons. The number of methoxy groups -OCH3 is 1. The lowest BCUT2D eigenvalue weighted by Gasteiger charge is -2.14. The Bertz CT molecular complexity index is 1190. The molecule has 0 saturated carbocycles. The number of amides is 1. The molecule has 1 amide bonds. The Labute approximate surface area is 179 Å². The fourth-order valence-corrected chi connectivity index (χ4v) is 4.39. The Morgan fingerprint density at radius 2 is 1.90 bits per heavy atom. The highest BCUT2D eigenvalue weighted by atomic mass is 35.5. The molecule has 0 aliphatic carbocycles. The molecule has 0 aliphatic heterocycles. The molecule has 0 spiro atoms. The van der Waals surface area contributed by atoms with E-state index in [1.807, 2.05) is 19.9 Å². The van der Waals surface area contributed by atoms with Gasteiger partial charge in [-0.3, -0.25) is 14.2 Å². The SMILES string of the molecule is COc1ccc(NC(=O)Cn2nc(C)cc2C)cc1S(=O)(=O)Nc1ccccc1Cl. The van der Waals surface area contributed by atoms with Crippen LogP contribution in [0.5, 0.6) is 5.75 Å². The number of ether oxygens (including phenoxy) is 1. The molecule has 8 nitrogen and oxygen atoms in total. The summed E-state index contributed by atoms with van der Waals surface area (Å²) < 4.78 is 35.1. The molecule has 0 aliphatic rings. The molecule has 2 N–H and O–H groups in total. The van der Waals surface area contributed by atoms with E-state index in [4.69, 9.17) is 16.3 Å². The zero-order valence-corrected chi connectivity index (χ0v) is 18.2. The third kappa shape index (κ3) is 4.92. The molecule has 3 aromatic rings. The van der Waals surface area contributed by atoms with Crippen molar-refractivity contribution in [1.29, 1.82) is 0 Å². The number of para-hydroxylation sites is 1. The smallest absolute Gasteiger partial charge is 0.265 e. The van der Waals surface area contributed by atoms with Crippen molar-refractivity contribution in [2.75, 3.05) is 17.1 Å². The fraction of sp³-hybridized carbons (Fsp3) is 0.200. The van der Waals surface area contributed by atoms with E-state index in [2.05, 4.69) is 15.1 Å². The number of rotatable bonds is 7. The molecule has 158 valence electrons. The lowest BCUT2D eigenvalue weighted by atomic mass is 10.3. The number of nitrogens with zero attached hydrogens (tertiary/aromatic N) is 2. The summed E-state index contributed by atoms with van der Waals surface area (Å²) in [6.07, 6.45) is 0. The first-order chi connectivity index (χ1) is 14.2. The predicted molar refractivity (Wildman–Crippen MR) is 116 cm³/mol. The number of halogens is 1. The van der Waals surface area contributed by atoms with Crippen molar-refractivity contribution >= 4 is 38.9 Å². The quantitative estimate of drug-likeness (QED) is 0.575. The normalized spacial score (nSPS) is 11.2. The number of hydrogen-bond acceptors (Lipinski definition) is 5. The van der Waals surface area contributed by atoms with Crippen LogP contribution in [0.4, 0.5) is 11.4 Å². The second-order valence-electron chi connectivity index (χ2n) is 6.58. The van der Waals surface area contributed by atoms with Crippen LogP contribution in [0.1, 0.15) is 11.4 Å². The molecule has 0 atom stereocenters. The minimum absolute atomic E-state index is 0.00561. The minimum atomic E-state index is -4.03. The summed E-state index contributed by atoms with van der Waals surface area (Å²) >= 11 is 6.06. The maximum absolute atomic E-state index is 12.9. The van der Waals surface area contributed by atoms with Crippen molar-refractivity contribution in [3.63, 3.8) is 0 Å². The van der Waals surface area contributed by atoms with Crippen LogP contribution in [0.15, 0.2) is 53.4 Å². The van der Waals surface area contributed by atoms with Gasteiger partial charge in [0.05, 0.1) is 23.5 Å². The Morgan fingerprint density at radius 3 is 2.53 bits per heavy atom. The van der Waals surface area contributed by atoms with Crippen LogP contribution in [0.25, 0.3) is 0 Å². The lowest BCUT2D eigenvalue weighted by molar-refractivity contribution is -0.116. The van der Waals surface area contributed by atoms with E-state index in [-0.39, 0.29) is 33.8 Å². The highest BCUT2D eigenvalue weighted by Crippen LogP contribution is 2.30. The van der Waals surface area contributed by atoms with Gasteiger partial charge in [-0.1, -0.05) is 23.7 Å². The van der Waals surface area contributed by atoms with Crippen LogP contribution >= 0.6 is 11.6 Å². The van der Waals surface area contributed by atoms with Gasteiger partial charge in [0.25, 0.3) is 10.0 Å². The van der Waals surface area contributed by atoms with Crippen LogP contribution < -0.4 is 14.8 Å². The first-order valence-corrected chi connectivity index (χ1v) is 10.8. The van der Waals surface area contributed by atoms with E-state index < -0.39 is 10.0 Å². The minimum Gasteiger partial charge on any atom is -0.495 e. The van der Waals surface area contributed by atoms with Crippen LogP contribution in [0.3, 0.4) is 0 Å². The van der Waals surface area contributed by atoms with Gasteiger partial charge >= 0.3 is 0 Å². The maximum atomic E-state index is 12.9. The molecular weight excluding hydrogens is 428 g/mol. The molecule has 3 rings (SSSR count). The van der Waals surface area contributed by atoms with Gasteiger partial charge in [0, 0.05) is 11.4 Å². The molecule has 1 aromatic heterocycles. The van der Waals surface area contributed by atoms with Crippen molar-refractivity contribution in [3.8, 4) is 5.75 Å². The Hall–Kier alpha value is -3.04. The third-order valence-corrected chi connectivity index (χ3v) is 5.97. The van der Waals surface area contributed by atoms with Crippen molar-refractivity contribution < 1.29 is 17.9 Å². The van der Waals surface area contributed by atoms with Gasteiger partial charge in [0.2, 0.25) is 5.91 Å². The average Bonchev–Trinajstić information content (AvgIpc) is 3.00. The molecule has 2 aromatic carbocycles. The number of aryl methyl sites for hydroxylation is 2. The van der Waals surface area contributed by atoms with Gasteiger partial charge in [-0.2, -0.15) is 5.10 Å². The fourth-order valence-electron chi connectivity index (χ4n) is 2.88. The Kier molecular flexibility index (Phi) is 6.33. The van der Waals surface area contributed by atoms with Crippen LogP contribution in [-0.2, 0) is 21.4 Å². The molecule has 10 heteroatoms. The lowest BCUT2D eigenvalue weighted by Crippen LogP contribution is -2.21. The van der Waals surface area contributed by atoms with E-state index in [0.29, 0.717) is 5.69 Å². The van der Waals surface area contributed by atoms with Crippen LogP contribution in [-0.4, -0.2) is 31.2 Å². The zero-order chi connectivity index (χ0) is 21.9. The number of aromatic nitrogens is 2. The number of benzene rings is 2. The third-order valence-electron chi connectivity index (χ3n) is 4.25. The Morgan fingerprint density at radius 1 is 1.17 bits per heavy atom. The van der Waals surface area contributed by atoms with Crippen molar-refractivity contribution in [2.24, 2.45) is 0 Å². The summed E-state index contributed by atoms with van der Waals surface area (Å²) in [5.74, 6) is -0.208. The molecule has 0 unspecified atom stereocenters. The highest BCUT2D eigenvalue weighted by molar-refractivity contribution is 7.92.